The molecule has 5 heteroatoms. The van der Waals surface area contributed by atoms with Crippen LogP contribution in [0.15, 0.2) is 60.7 Å². The molecule has 1 aliphatic heterocycles. The van der Waals surface area contributed by atoms with Gasteiger partial charge in [0.2, 0.25) is 0 Å². The molecule has 1 saturated heterocycles. The maximum absolute atomic E-state index is 13.0. The highest BCUT2D eigenvalue weighted by Crippen LogP contribution is 2.22. The summed E-state index contributed by atoms with van der Waals surface area (Å²) in [5.41, 5.74) is 4.72. The van der Waals surface area contributed by atoms with Crippen molar-refractivity contribution in [3.63, 3.8) is 0 Å². The highest BCUT2D eigenvalue weighted by atomic mass is 16.5. The zero-order valence-electron chi connectivity index (χ0n) is 16.8. The van der Waals surface area contributed by atoms with Gasteiger partial charge in [-0.3, -0.25) is 4.79 Å². The standard InChI is InChI=1S/C24H25N3O2/c1-17-15-18(2)26-24(25-17)29-22-9-6-14-27(16-22)23(28)21-12-10-20(11-13-21)19-7-4-3-5-8-19/h3-5,7-8,10-13,15,22H,6,9,14,16H2,1-2H3. The third-order valence-corrected chi connectivity index (χ3v) is 5.14. The molecule has 1 fully saturated rings. The van der Waals surface area contributed by atoms with E-state index in [-0.39, 0.29) is 12.0 Å². The van der Waals surface area contributed by atoms with Crippen LogP contribution in [0, 0.1) is 13.8 Å². The molecule has 5 nitrogen and oxygen atoms in total. The lowest BCUT2D eigenvalue weighted by molar-refractivity contribution is 0.0515. The molecule has 0 spiro atoms. The summed E-state index contributed by atoms with van der Waals surface area (Å²) in [6.07, 6.45) is 1.72. The highest BCUT2D eigenvalue weighted by Gasteiger charge is 2.26. The zero-order chi connectivity index (χ0) is 20.2. The van der Waals surface area contributed by atoms with Gasteiger partial charge in [0.25, 0.3) is 5.91 Å². The maximum atomic E-state index is 13.0. The number of rotatable bonds is 4. The minimum Gasteiger partial charge on any atom is -0.458 e. The lowest BCUT2D eigenvalue weighted by Crippen LogP contribution is -2.44. The number of hydrogen-bond donors (Lipinski definition) is 0. The van der Waals surface area contributed by atoms with Crippen molar-refractivity contribution in [3.05, 3.63) is 77.6 Å². The van der Waals surface area contributed by atoms with E-state index in [0.717, 1.165) is 41.9 Å². The number of likely N-dealkylation sites (tertiary alicyclic amines) is 1. The second kappa shape index (κ2) is 8.43. The van der Waals surface area contributed by atoms with Crippen LogP contribution < -0.4 is 4.74 Å². The van der Waals surface area contributed by atoms with Gasteiger partial charge in [-0.25, -0.2) is 9.97 Å². The number of ether oxygens (including phenoxy) is 1. The Balaban J connectivity index is 1.43. The van der Waals surface area contributed by atoms with Gasteiger partial charge in [-0.05, 0) is 56.0 Å². The topological polar surface area (TPSA) is 55.3 Å². The van der Waals surface area contributed by atoms with Crippen molar-refractivity contribution in [1.29, 1.82) is 0 Å². The van der Waals surface area contributed by atoms with E-state index in [4.69, 9.17) is 4.74 Å². The Hall–Kier alpha value is -3.21. The van der Waals surface area contributed by atoms with Gasteiger partial charge in [0, 0.05) is 23.5 Å². The number of amides is 1. The molecule has 148 valence electrons. The summed E-state index contributed by atoms with van der Waals surface area (Å²) < 4.78 is 5.99. The number of hydrogen-bond acceptors (Lipinski definition) is 4. The molecule has 0 saturated carbocycles. The Morgan fingerprint density at radius 2 is 1.62 bits per heavy atom. The summed E-state index contributed by atoms with van der Waals surface area (Å²) in [5.74, 6) is 0.0410. The van der Waals surface area contributed by atoms with E-state index < -0.39 is 0 Å². The van der Waals surface area contributed by atoms with E-state index in [9.17, 15) is 4.79 Å². The van der Waals surface area contributed by atoms with Crippen molar-refractivity contribution in [2.24, 2.45) is 0 Å². The Kier molecular flexibility index (Phi) is 5.56. The van der Waals surface area contributed by atoms with Gasteiger partial charge in [0.05, 0.1) is 6.54 Å². The van der Waals surface area contributed by atoms with E-state index in [2.05, 4.69) is 22.1 Å². The number of aryl methyl sites for hydroxylation is 2. The van der Waals surface area contributed by atoms with Crippen molar-refractivity contribution in [1.82, 2.24) is 14.9 Å². The minimum atomic E-state index is -0.0857. The number of nitrogens with zero attached hydrogens (tertiary/aromatic N) is 3. The predicted molar refractivity (Wildman–Crippen MR) is 113 cm³/mol. The quantitative estimate of drug-likeness (QED) is 0.664. The summed E-state index contributed by atoms with van der Waals surface area (Å²) in [6.45, 7) is 5.15. The van der Waals surface area contributed by atoms with Gasteiger partial charge in [-0.2, -0.15) is 0 Å². The third kappa shape index (κ3) is 4.62. The molecule has 0 N–H and O–H groups in total. The molecule has 1 aliphatic rings. The summed E-state index contributed by atoms with van der Waals surface area (Å²) in [4.78, 5) is 23.6. The molecule has 0 radical (unpaired) electrons. The molecule has 1 atom stereocenters. The van der Waals surface area contributed by atoms with Crippen LogP contribution in [0.25, 0.3) is 11.1 Å². The fourth-order valence-electron chi connectivity index (χ4n) is 3.73. The molecule has 1 unspecified atom stereocenters. The molecule has 4 rings (SSSR count). The van der Waals surface area contributed by atoms with E-state index in [1.807, 2.05) is 67.3 Å². The van der Waals surface area contributed by atoms with Crippen molar-refractivity contribution >= 4 is 5.91 Å². The van der Waals surface area contributed by atoms with Gasteiger partial charge < -0.3 is 9.64 Å². The molecule has 29 heavy (non-hydrogen) atoms. The lowest BCUT2D eigenvalue weighted by atomic mass is 10.0. The molecular formula is C24H25N3O2. The van der Waals surface area contributed by atoms with Crippen LogP contribution in [0.5, 0.6) is 6.01 Å². The van der Waals surface area contributed by atoms with E-state index in [1.165, 1.54) is 0 Å². The monoisotopic (exact) mass is 387 g/mol. The second-order valence-corrected chi connectivity index (χ2v) is 7.51. The average molecular weight is 387 g/mol. The van der Waals surface area contributed by atoms with Crippen LogP contribution in [-0.2, 0) is 0 Å². The van der Waals surface area contributed by atoms with Gasteiger partial charge in [0.15, 0.2) is 0 Å². The largest absolute Gasteiger partial charge is 0.458 e. The second-order valence-electron chi connectivity index (χ2n) is 7.51. The molecule has 2 heterocycles. The minimum absolute atomic E-state index is 0.0410. The first-order valence-electron chi connectivity index (χ1n) is 10.0. The summed E-state index contributed by atoms with van der Waals surface area (Å²) in [5, 5.41) is 0. The van der Waals surface area contributed by atoms with Gasteiger partial charge in [0.1, 0.15) is 6.10 Å². The summed E-state index contributed by atoms with van der Waals surface area (Å²) in [7, 11) is 0. The van der Waals surface area contributed by atoms with Gasteiger partial charge in [-0.15, -0.1) is 0 Å². The van der Waals surface area contributed by atoms with Crippen molar-refractivity contribution < 1.29 is 9.53 Å². The maximum Gasteiger partial charge on any atom is 0.317 e. The van der Waals surface area contributed by atoms with Crippen molar-refractivity contribution in [2.75, 3.05) is 13.1 Å². The average Bonchev–Trinajstić information content (AvgIpc) is 2.73. The number of piperidine rings is 1. The molecule has 2 aromatic carbocycles. The summed E-state index contributed by atoms with van der Waals surface area (Å²) in [6, 6.07) is 20.3. The SMILES string of the molecule is Cc1cc(C)nc(OC2CCCN(C(=O)c3ccc(-c4ccccc4)cc3)C2)n1. The smallest absolute Gasteiger partial charge is 0.317 e. The lowest BCUT2D eigenvalue weighted by Gasteiger charge is -2.32. The summed E-state index contributed by atoms with van der Waals surface area (Å²) >= 11 is 0. The Morgan fingerprint density at radius 1 is 0.966 bits per heavy atom. The number of carbonyl (C=O) groups is 1. The number of carbonyl (C=O) groups excluding carboxylic acids is 1. The Labute approximate surface area is 171 Å². The number of benzene rings is 2. The fraction of sp³-hybridized carbons (Fsp3) is 0.292. The fourth-order valence-corrected chi connectivity index (χ4v) is 3.73. The van der Waals surface area contributed by atoms with Crippen molar-refractivity contribution in [2.45, 2.75) is 32.8 Å². The molecule has 0 aliphatic carbocycles. The van der Waals surface area contributed by atoms with Crippen LogP contribution in [-0.4, -0.2) is 40.0 Å². The molecule has 3 aromatic rings. The highest BCUT2D eigenvalue weighted by molar-refractivity contribution is 5.94. The van der Waals surface area contributed by atoms with Gasteiger partial charge >= 0.3 is 6.01 Å². The normalized spacial score (nSPS) is 16.5. The van der Waals surface area contributed by atoms with Crippen molar-refractivity contribution in [3.8, 4) is 17.1 Å². The van der Waals surface area contributed by atoms with Crippen LogP contribution >= 0.6 is 0 Å². The van der Waals surface area contributed by atoms with E-state index in [1.54, 1.807) is 0 Å². The third-order valence-electron chi connectivity index (χ3n) is 5.14. The van der Waals surface area contributed by atoms with Crippen LogP contribution in [0.2, 0.25) is 0 Å². The number of aromatic nitrogens is 2. The molecule has 1 aromatic heterocycles. The molecule has 0 bridgehead atoms. The Bertz CT molecular complexity index is 967. The predicted octanol–water partition coefficient (Wildman–Crippen LogP) is 4.44. The van der Waals surface area contributed by atoms with Crippen LogP contribution in [0.3, 0.4) is 0 Å². The first-order chi connectivity index (χ1) is 14.1. The Morgan fingerprint density at radius 3 is 2.31 bits per heavy atom. The van der Waals surface area contributed by atoms with E-state index >= 15 is 0 Å². The van der Waals surface area contributed by atoms with Crippen LogP contribution in [0.4, 0.5) is 0 Å². The first-order valence-corrected chi connectivity index (χ1v) is 10.0. The van der Waals surface area contributed by atoms with E-state index in [0.29, 0.717) is 18.1 Å². The molecule has 1 amide bonds. The first kappa shape index (κ1) is 19.1. The van der Waals surface area contributed by atoms with Gasteiger partial charge in [-0.1, -0.05) is 42.5 Å². The molecular weight excluding hydrogens is 362 g/mol. The van der Waals surface area contributed by atoms with Crippen LogP contribution in [0.1, 0.15) is 34.6 Å². The zero-order valence-corrected chi connectivity index (χ0v) is 16.8.